The Bertz CT molecular complexity index is 496. The molecule has 0 amide bonds. The molecule has 0 radical (unpaired) electrons. The van der Waals surface area contributed by atoms with Crippen molar-refractivity contribution in [2.45, 2.75) is 23.8 Å². The van der Waals surface area contributed by atoms with Crippen LogP contribution in [0.25, 0.3) is 0 Å². The summed E-state index contributed by atoms with van der Waals surface area (Å²) in [6, 6.07) is 6.57. The second kappa shape index (κ2) is 6.56. The van der Waals surface area contributed by atoms with Gasteiger partial charge in [0.15, 0.2) is 0 Å². The minimum absolute atomic E-state index is 0. The van der Waals surface area contributed by atoms with Gasteiger partial charge < -0.3 is 10.5 Å². The molecule has 0 bridgehead atoms. The highest BCUT2D eigenvalue weighted by atomic mass is 35.5. The lowest BCUT2D eigenvalue weighted by Gasteiger charge is -2.29. The number of ether oxygens (including phenoxy) is 1. The first-order valence-electron chi connectivity index (χ1n) is 5.94. The zero-order chi connectivity index (χ0) is 13.2. The molecule has 19 heavy (non-hydrogen) atoms. The molecule has 1 aromatic rings. The Labute approximate surface area is 120 Å². The highest BCUT2D eigenvalue weighted by molar-refractivity contribution is 7.89. The van der Waals surface area contributed by atoms with Gasteiger partial charge in [0.2, 0.25) is 10.0 Å². The third kappa shape index (κ3) is 3.60. The summed E-state index contributed by atoms with van der Waals surface area (Å²) in [5.74, 6) is 0.648. The van der Waals surface area contributed by atoms with E-state index < -0.39 is 10.0 Å². The van der Waals surface area contributed by atoms with E-state index in [4.69, 9.17) is 10.5 Å². The lowest BCUT2D eigenvalue weighted by Crippen LogP contribution is -2.42. The molecule has 7 heteroatoms. The van der Waals surface area contributed by atoms with Crippen LogP contribution in [0.15, 0.2) is 29.2 Å². The second-order valence-electron chi connectivity index (χ2n) is 4.42. The van der Waals surface area contributed by atoms with E-state index in [1.165, 1.54) is 4.31 Å². The van der Waals surface area contributed by atoms with Crippen LogP contribution in [0.3, 0.4) is 0 Å². The van der Waals surface area contributed by atoms with Crippen molar-refractivity contribution >= 4 is 22.4 Å². The van der Waals surface area contributed by atoms with Gasteiger partial charge in [0.05, 0.1) is 12.0 Å². The van der Waals surface area contributed by atoms with E-state index in [-0.39, 0.29) is 18.4 Å². The molecule has 0 atom stereocenters. The van der Waals surface area contributed by atoms with Crippen LogP contribution in [0.5, 0.6) is 5.75 Å². The topological polar surface area (TPSA) is 72.6 Å². The molecule has 2 rings (SSSR count). The summed E-state index contributed by atoms with van der Waals surface area (Å²) < 4.78 is 31.2. The molecule has 0 unspecified atom stereocenters. The molecular formula is C12H19ClN2O3S. The molecule has 1 fully saturated rings. The van der Waals surface area contributed by atoms with Crippen LogP contribution in [0, 0.1) is 0 Å². The van der Waals surface area contributed by atoms with Gasteiger partial charge in [-0.15, -0.1) is 12.4 Å². The number of nitrogens with two attached hydrogens (primary N) is 1. The van der Waals surface area contributed by atoms with Gasteiger partial charge in [-0.3, -0.25) is 0 Å². The van der Waals surface area contributed by atoms with Gasteiger partial charge in [-0.25, -0.2) is 8.42 Å². The normalized spacial score (nSPS) is 17.8. The number of benzene rings is 1. The second-order valence-corrected chi connectivity index (χ2v) is 6.35. The Morgan fingerprint density at radius 3 is 2.21 bits per heavy atom. The number of methoxy groups -OCH3 is 1. The van der Waals surface area contributed by atoms with Crippen LogP contribution < -0.4 is 10.5 Å². The Balaban J connectivity index is 0.00000180. The molecule has 0 spiro atoms. The predicted octanol–water partition coefficient (Wildman–Crippen LogP) is 1.23. The molecular weight excluding hydrogens is 288 g/mol. The van der Waals surface area contributed by atoms with Crippen molar-refractivity contribution in [3.05, 3.63) is 24.3 Å². The molecule has 1 saturated heterocycles. The first-order valence-corrected chi connectivity index (χ1v) is 7.38. The van der Waals surface area contributed by atoms with Gasteiger partial charge in [-0.1, -0.05) is 0 Å². The molecule has 0 aromatic heterocycles. The van der Waals surface area contributed by atoms with E-state index in [1.807, 2.05) is 0 Å². The first-order chi connectivity index (χ1) is 8.54. The number of rotatable bonds is 3. The Kier molecular flexibility index (Phi) is 5.61. The molecule has 0 saturated carbocycles. The van der Waals surface area contributed by atoms with Gasteiger partial charge in [-0.2, -0.15) is 4.31 Å². The third-order valence-corrected chi connectivity index (χ3v) is 5.11. The summed E-state index contributed by atoms with van der Waals surface area (Å²) in [5, 5.41) is 0. The molecule has 1 heterocycles. The number of halogens is 1. The highest BCUT2D eigenvalue weighted by Gasteiger charge is 2.27. The third-order valence-electron chi connectivity index (χ3n) is 3.20. The summed E-state index contributed by atoms with van der Waals surface area (Å²) in [6.45, 7) is 0.991. The predicted molar refractivity (Wildman–Crippen MR) is 76.2 cm³/mol. The van der Waals surface area contributed by atoms with Crippen molar-refractivity contribution in [3.8, 4) is 5.75 Å². The minimum Gasteiger partial charge on any atom is -0.497 e. The largest absolute Gasteiger partial charge is 0.497 e. The first kappa shape index (κ1) is 16.2. The monoisotopic (exact) mass is 306 g/mol. The zero-order valence-electron chi connectivity index (χ0n) is 10.8. The molecule has 1 aliphatic heterocycles. The Hall–Kier alpha value is -0.820. The lowest BCUT2D eigenvalue weighted by atomic mass is 10.1. The average molecular weight is 307 g/mol. The number of hydrogen-bond acceptors (Lipinski definition) is 4. The van der Waals surface area contributed by atoms with Gasteiger partial charge in [0, 0.05) is 19.1 Å². The van der Waals surface area contributed by atoms with Gasteiger partial charge in [0.1, 0.15) is 5.75 Å². The molecule has 5 nitrogen and oxygen atoms in total. The van der Waals surface area contributed by atoms with Crippen molar-refractivity contribution in [2.75, 3.05) is 20.2 Å². The van der Waals surface area contributed by atoms with E-state index in [0.717, 1.165) is 12.8 Å². The maximum atomic E-state index is 12.3. The summed E-state index contributed by atoms with van der Waals surface area (Å²) in [7, 11) is -1.84. The highest BCUT2D eigenvalue weighted by Crippen LogP contribution is 2.22. The quantitative estimate of drug-likeness (QED) is 0.911. The fourth-order valence-electron chi connectivity index (χ4n) is 2.01. The van der Waals surface area contributed by atoms with Crippen LogP contribution in [0.1, 0.15) is 12.8 Å². The number of piperidine rings is 1. The van der Waals surface area contributed by atoms with E-state index in [0.29, 0.717) is 23.7 Å². The Morgan fingerprint density at radius 2 is 1.74 bits per heavy atom. The molecule has 1 aromatic carbocycles. The Morgan fingerprint density at radius 1 is 1.21 bits per heavy atom. The zero-order valence-corrected chi connectivity index (χ0v) is 12.4. The molecule has 0 aliphatic carbocycles. The van der Waals surface area contributed by atoms with Crippen molar-refractivity contribution in [1.29, 1.82) is 0 Å². The van der Waals surface area contributed by atoms with Crippen molar-refractivity contribution in [3.63, 3.8) is 0 Å². The van der Waals surface area contributed by atoms with Crippen LogP contribution in [-0.4, -0.2) is 39.0 Å². The lowest BCUT2D eigenvalue weighted by molar-refractivity contribution is 0.320. The summed E-state index contributed by atoms with van der Waals surface area (Å²) in [4.78, 5) is 0.304. The van der Waals surface area contributed by atoms with Crippen LogP contribution >= 0.6 is 12.4 Å². The van der Waals surface area contributed by atoms with Crippen LogP contribution in [0.2, 0.25) is 0 Å². The van der Waals surface area contributed by atoms with Crippen LogP contribution in [0.4, 0.5) is 0 Å². The molecule has 1 aliphatic rings. The molecule has 2 N–H and O–H groups in total. The standard InChI is InChI=1S/C12H18N2O3S.ClH/c1-17-11-2-4-12(5-3-11)18(15,16)14-8-6-10(13)7-9-14;/h2-5,10H,6-9,13H2,1H3;1H. The number of sulfonamides is 1. The van der Waals surface area contributed by atoms with Crippen molar-refractivity contribution in [1.82, 2.24) is 4.31 Å². The van der Waals surface area contributed by atoms with Crippen LogP contribution in [-0.2, 0) is 10.0 Å². The minimum atomic E-state index is -3.39. The van der Waals surface area contributed by atoms with Gasteiger partial charge in [0.25, 0.3) is 0 Å². The SMILES string of the molecule is COc1ccc(S(=O)(=O)N2CCC(N)CC2)cc1.Cl. The smallest absolute Gasteiger partial charge is 0.243 e. The van der Waals surface area contributed by atoms with E-state index in [1.54, 1.807) is 31.4 Å². The van der Waals surface area contributed by atoms with E-state index in [9.17, 15) is 8.42 Å². The maximum absolute atomic E-state index is 12.3. The van der Waals surface area contributed by atoms with E-state index >= 15 is 0 Å². The fourth-order valence-corrected chi connectivity index (χ4v) is 3.48. The van der Waals surface area contributed by atoms with Crippen molar-refractivity contribution in [2.24, 2.45) is 5.73 Å². The average Bonchev–Trinajstić information content (AvgIpc) is 2.39. The number of nitrogens with zero attached hydrogens (tertiary/aromatic N) is 1. The summed E-state index contributed by atoms with van der Waals surface area (Å²) in [6.07, 6.45) is 1.44. The van der Waals surface area contributed by atoms with Gasteiger partial charge >= 0.3 is 0 Å². The summed E-state index contributed by atoms with van der Waals surface area (Å²) in [5.41, 5.74) is 5.78. The summed E-state index contributed by atoms with van der Waals surface area (Å²) >= 11 is 0. The van der Waals surface area contributed by atoms with Crippen molar-refractivity contribution < 1.29 is 13.2 Å². The molecule has 108 valence electrons. The maximum Gasteiger partial charge on any atom is 0.243 e. The van der Waals surface area contributed by atoms with Gasteiger partial charge in [-0.05, 0) is 37.1 Å². The number of hydrogen-bond donors (Lipinski definition) is 1. The van der Waals surface area contributed by atoms with E-state index in [2.05, 4.69) is 0 Å². The fraction of sp³-hybridized carbons (Fsp3) is 0.500.